The van der Waals surface area contributed by atoms with Crippen LogP contribution in [-0.4, -0.2) is 41.3 Å². The van der Waals surface area contributed by atoms with Crippen molar-refractivity contribution in [1.82, 2.24) is 10.2 Å². The number of carbonyl (C=O) groups excluding carboxylic acids is 1. The third-order valence-corrected chi connectivity index (χ3v) is 5.65. The van der Waals surface area contributed by atoms with Gasteiger partial charge in [-0.1, -0.05) is 55.8 Å². The van der Waals surface area contributed by atoms with Crippen molar-refractivity contribution in [3.8, 4) is 0 Å². The average molecular weight is 405 g/mol. The number of carbonyl (C=O) groups is 1. The first-order chi connectivity index (χ1) is 13.3. The fourth-order valence-electron chi connectivity index (χ4n) is 3.55. The monoisotopic (exact) mass is 404 g/mol. The molecule has 0 radical (unpaired) electrons. The van der Waals surface area contributed by atoms with E-state index in [1.54, 1.807) is 0 Å². The number of rotatable bonds is 7. The molecule has 2 N–H and O–H groups in total. The van der Waals surface area contributed by atoms with Crippen molar-refractivity contribution in [2.45, 2.75) is 58.7 Å². The summed E-state index contributed by atoms with van der Waals surface area (Å²) in [5.41, 5.74) is 2.08. The van der Waals surface area contributed by atoms with E-state index >= 15 is 0 Å². The summed E-state index contributed by atoms with van der Waals surface area (Å²) in [6.45, 7) is 9.28. The van der Waals surface area contributed by atoms with Gasteiger partial charge >= 0.3 is 0 Å². The zero-order chi connectivity index (χ0) is 20.7. The van der Waals surface area contributed by atoms with Crippen LogP contribution in [-0.2, 0) is 4.79 Å². The fourth-order valence-corrected chi connectivity index (χ4v) is 3.68. The Bertz CT molecular complexity index is 689. The van der Waals surface area contributed by atoms with Crippen LogP contribution in [0.25, 0.3) is 0 Å². The predicted octanol–water partition coefficient (Wildman–Crippen LogP) is 4.50. The summed E-state index contributed by atoms with van der Waals surface area (Å²) in [4.78, 5) is 15.0. The van der Waals surface area contributed by atoms with Gasteiger partial charge in [-0.25, -0.2) is 0 Å². The second kappa shape index (κ2) is 10.8. The number of aliphatic hydroxyl groups excluding tert-OH is 1. The van der Waals surface area contributed by atoms with Gasteiger partial charge in [-0.2, -0.15) is 0 Å². The Morgan fingerprint density at radius 2 is 1.86 bits per heavy atom. The molecule has 1 aliphatic heterocycles. The topological polar surface area (TPSA) is 52.6 Å². The van der Waals surface area contributed by atoms with E-state index in [1.807, 2.05) is 63.0 Å². The molecule has 4 nitrogen and oxygen atoms in total. The number of likely N-dealkylation sites (tertiary alicyclic amines) is 1. The largest absolute Gasteiger partial charge is 0.375 e. The van der Waals surface area contributed by atoms with Gasteiger partial charge in [0.2, 0.25) is 5.91 Å². The van der Waals surface area contributed by atoms with Crippen LogP contribution < -0.4 is 5.32 Å². The molecule has 2 rings (SSSR count). The summed E-state index contributed by atoms with van der Waals surface area (Å²) in [7, 11) is 0. The number of hydrogen-bond acceptors (Lipinski definition) is 3. The number of nitrogens with one attached hydrogen (secondary N) is 1. The van der Waals surface area contributed by atoms with Crippen molar-refractivity contribution in [2.75, 3.05) is 13.1 Å². The predicted molar refractivity (Wildman–Crippen MR) is 116 cm³/mol. The third-order valence-electron chi connectivity index (χ3n) is 5.40. The second-order valence-corrected chi connectivity index (χ2v) is 8.31. The van der Waals surface area contributed by atoms with Gasteiger partial charge < -0.3 is 10.0 Å². The van der Waals surface area contributed by atoms with Crippen LogP contribution in [0.3, 0.4) is 0 Å². The maximum atomic E-state index is 13.1. The van der Waals surface area contributed by atoms with Crippen molar-refractivity contribution in [3.63, 3.8) is 0 Å². The molecule has 2 unspecified atom stereocenters. The number of halogens is 1. The Hall–Kier alpha value is -1.62. The number of nitrogens with zero attached hydrogens (tertiary/aromatic N) is 1. The molecule has 1 aromatic carbocycles. The highest BCUT2D eigenvalue weighted by Gasteiger charge is 2.31. The molecule has 2 atom stereocenters. The van der Waals surface area contributed by atoms with Crippen LogP contribution in [0, 0.1) is 5.92 Å². The first kappa shape index (κ1) is 22.7. The van der Waals surface area contributed by atoms with Crippen LogP contribution in [0.1, 0.15) is 52.0 Å². The van der Waals surface area contributed by atoms with Crippen molar-refractivity contribution in [2.24, 2.45) is 5.92 Å². The molecule has 1 heterocycles. The summed E-state index contributed by atoms with van der Waals surface area (Å²) < 4.78 is 0. The molecule has 154 valence electrons. The molecule has 0 aliphatic carbocycles. The van der Waals surface area contributed by atoms with Crippen molar-refractivity contribution < 1.29 is 9.90 Å². The second-order valence-electron chi connectivity index (χ2n) is 7.88. The van der Waals surface area contributed by atoms with Crippen LogP contribution in [0.2, 0.25) is 5.02 Å². The van der Waals surface area contributed by atoms with E-state index in [0.717, 1.165) is 36.5 Å². The lowest BCUT2D eigenvalue weighted by Crippen LogP contribution is -2.54. The highest BCUT2D eigenvalue weighted by molar-refractivity contribution is 6.30. The molecule has 0 saturated carbocycles. The van der Waals surface area contributed by atoms with E-state index < -0.39 is 12.3 Å². The molecule has 0 spiro atoms. The molecule has 0 aromatic heterocycles. The smallest absolute Gasteiger partial charge is 0.240 e. The molecule has 5 heteroatoms. The van der Waals surface area contributed by atoms with Gasteiger partial charge in [0, 0.05) is 18.1 Å². The summed E-state index contributed by atoms with van der Waals surface area (Å²) in [6.07, 6.45) is 6.71. The number of allylic oxidation sites excluding steroid dienone is 3. The first-order valence-electron chi connectivity index (χ1n) is 10.1. The first-order valence-corrected chi connectivity index (χ1v) is 10.5. The number of aliphatic hydroxyl groups is 1. The SMILES string of the molecule is C/C=C\C=C(/C)C(O)NC(C(=O)N1CCC(c2ccc(Cl)cc2)CC1)C(C)C. The highest BCUT2D eigenvalue weighted by Crippen LogP contribution is 2.29. The lowest BCUT2D eigenvalue weighted by molar-refractivity contribution is -0.136. The quantitative estimate of drug-likeness (QED) is 0.519. The fraction of sp³-hybridized carbons (Fsp3) is 0.522. The van der Waals surface area contributed by atoms with Crippen LogP contribution in [0.15, 0.2) is 48.1 Å². The lowest BCUT2D eigenvalue weighted by Gasteiger charge is -2.36. The Balaban J connectivity index is 1.97. The van der Waals surface area contributed by atoms with Gasteiger partial charge in [-0.05, 0) is 61.8 Å². The Morgan fingerprint density at radius 1 is 1.25 bits per heavy atom. The van der Waals surface area contributed by atoms with E-state index in [-0.39, 0.29) is 11.8 Å². The van der Waals surface area contributed by atoms with Crippen LogP contribution in [0.4, 0.5) is 0 Å². The van der Waals surface area contributed by atoms with Crippen molar-refractivity contribution >= 4 is 17.5 Å². The van der Waals surface area contributed by atoms with Crippen LogP contribution in [0.5, 0.6) is 0 Å². The molecular formula is C23H33ClN2O2. The van der Waals surface area contributed by atoms with Gasteiger partial charge in [0.1, 0.15) is 6.23 Å². The standard InChI is InChI=1S/C23H33ClN2O2/c1-5-6-7-17(4)22(27)25-21(16(2)3)23(28)26-14-12-19(13-15-26)18-8-10-20(24)11-9-18/h5-11,16,19,21-22,25,27H,12-15H2,1-4H3/b6-5-,17-7+. The number of hydrogen-bond donors (Lipinski definition) is 2. The molecular weight excluding hydrogens is 372 g/mol. The van der Waals surface area contributed by atoms with Crippen molar-refractivity contribution in [1.29, 1.82) is 0 Å². The number of piperidine rings is 1. The average Bonchev–Trinajstić information content (AvgIpc) is 2.70. The molecule has 1 saturated heterocycles. The summed E-state index contributed by atoms with van der Waals surface area (Å²) >= 11 is 5.98. The van der Waals surface area contributed by atoms with Gasteiger partial charge in [0.15, 0.2) is 0 Å². The van der Waals surface area contributed by atoms with Crippen molar-refractivity contribution in [3.05, 3.63) is 58.7 Å². The van der Waals surface area contributed by atoms with E-state index in [1.165, 1.54) is 5.56 Å². The Kier molecular flexibility index (Phi) is 8.74. The van der Waals surface area contributed by atoms with Gasteiger partial charge in [-0.15, -0.1) is 0 Å². The van der Waals surface area contributed by atoms with E-state index in [9.17, 15) is 9.90 Å². The Labute approximate surface area is 174 Å². The number of benzene rings is 1. The molecule has 1 fully saturated rings. The van der Waals surface area contributed by atoms with Gasteiger partial charge in [0.05, 0.1) is 6.04 Å². The molecule has 28 heavy (non-hydrogen) atoms. The third kappa shape index (κ3) is 6.20. The van der Waals surface area contributed by atoms with E-state index in [0.29, 0.717) is 5.92 Å². The molecule has 1 aliphatic rings. The minimum Gasteiger partial charge on any atom is -0.375 e. The molecule has 0 bridgehead atoms. The summed E-state index contributed by atoms with van der Waals surface area (Å²) in [6, 6.07) is 7.62. The minimum atomic E-state index is -0.834. The number of amides is 1. The minimum absolute atomic E-state index is 0.0717. The lowest BCUT2D eigenvalue weighted by atomic mass is 9.89. The maximum absolute atomic E-state index is 13.1. The maximum Gasteiger partial charge on any atom is 0.240 e. The van der Waals surface area contributed by atoms with E-state index in [2.05, 4.69) is 17.4 Å². The Morgan fingerprint density at radius 3 is 2.39 bits per heavy atom. The van der Waals surface area contributed by atoms with Crippen LogP contribution >= 0.6 is 11.6 Å². The molecule has 1 amide bonds. The zero-order valence-corrected chi connectivity index (χ0v) is 18.1. The molecule has 1 aromatic rings. The van der Waals surface area contributed by atoms with E-state index in [4.69, 9.17) is 11.6 Å². The summed E-state index contributed by atoms with van der Waals surface area (Å²) in [5, 5.41) is 14.3. The highest BCUT2D eigenvalue weighted by atomic mass is 35.5. The van der Waals surface area contributed by atoms with Gasteiger partial charge in [-0.3, -0.25) is 10.1 Å². The summed E-state index contributed by atoms with van der Waals surface area (Å²) in [5.74, 6) is 0.622. The van der Waals surface area contributed by atoms with Gasteiger partial charge in [0.25, 0.3) is 0 Å². The normalized spacial score (nSPS) is 18.7. The zero-order valence-electron chi connectivity index (χ0n) is 17.4.